The van der Waals surface area contributed by atoms with Crippen LogP contribution in [0.3, 0.4) is 0 Å². The molecule has 0 atom stereocenters. The Labute approximate surface area is 163 Å². The maximum atomic E-state index is 12.7. The summed E-state index contributed by atoms with van der Waals surface area (Å²) in [6, 6.07) is 7.28. The fourth-order valence-corrected chi connectivity index (χ4v) is 3.30. The first kappa shape index (κ1) is 19.5. The van der Waals surface area contributed by atoms with Crippen molar-refractivity contribution < 1.29 is 9.53 Å². The van der Waals surface area contributed by atoms with Gasteiger partial charge in [-0.3, -0.25) is 14.6 Å². The van der Waals surface area contributed by atoms with Gasteiger partial charge in [0.1, 0.15) is 12.3 Å². The largest absolute Gasteiger partial charge is 0.496 e. The number of aromatic nitrogens is 3. The first-order chi connectivity index (χ1) is 13.3. The molecule has 0 N–H and O–H groups in total. The van der Waals surface area contributed by atoms with Gasteiger partial charge in [-0.25, -0.2) is 4.68 Å². The van der Waals surface area contributed by atoms with Gasteiger partial charge in [0.25, 0.3) is 5.56 Å². The number of carbonyl (C=O) groups is 1. The number of amides is 1. The van der Waals surface area contributed by atoms with Gasteiger partial charge in [-0.1, -0.05) is 18.2 Å². The molecular weight excluding hydrogens is 356 g/mol. The summed E-state index contributed by atoms with van der Waals surface area (Å²) in [7, 11) is 3.31. The summed E-state index contributed by atoms with van der Waals surface area (Å²) in [5, 5.41) is 5.67. The Morgan fingerprint density at radius 1 is 1.18 bits per heavy atom. The summed E-state index contributed by atoms with van der Waals surface area (Å²) < 4.78 is 6.65. The van der Waals surface area contributed by atoms with Gasteiger partial charge >= 0.3 is 0 Å². The van der Waals surface area contributed by atoms with Gasteiger partial charge in [0.05, 0.1) is 30.4 Å². The molecule has 1 amide bonds. The molecule has 0 aliphatic heterocycles. The standard InChI is InChI=1S/C21H24N4O3/c1-13-10-22-18(14(2)20(13)28-5)11-24(4)19(26)12-25-21(27)17-9-7-6-8-16(17)15(3)23-25/h6-10H,11-12H2,1-5H3. The predicted molar refractivity (Wildman–Crippen MR) is 107 cm³/mol. The molecule has 0 aliphatic carbocycles. The van der Waals surface area contributed by atoms with Crippen molar-refractivity contribution in [2.75, 3.05) is 14.2 Å². The number of ether oxygens (including phenoxy) is 1. The van der Waals surface area contributed by atoms with Crippen LogP contribution in [0.4, 0.5) is 0 Å². The number of methoxy groups -OCH3 is 1. The molecule has 7 heteroatoms. The van der Waals surface area contributed by atoms with E-state index in [4.69, 9.17) is 4.74 Å². The lowest BCUT2D eigenvalue weighted by atomic mass is 10.1. The molecule has 2 aromatic heterocycles. The smallest absolute Gasteiger partial charge is 0.275 e. The Hall–Kier alpha value is -3.22. The van der Waals surface area contributed by atoms with Crippen LogP contribution in [0.25, 0.3) is 10.8 Å². The van der Waals surface area contributed by atoms with Crippen molar-refractivity contribution in [2.45, 2.75) is 33.9 Å². The number of aryl methyl sites for hydroxylation is 2. The Kier molecular flexibility index (Phi) is 5.44. The SMILES string of the molecule is COc1c(C)cnc(CN(C)C(=O)Cn2nc(C)c3ccccc3c2=O)c1C. The zero-order chi connectivity index (χ0) is 20.4. The van der Waals surface area contributed by atoms with E-state index in [1.54, 1.807) is 37.4 Å². The molecule has 146 valence electrons. The fraction of sp³-hybridized carbons (Fsp3) is 0.333. The number of nitrogens with zero attached hydrogens (tertiary/aromatic N) is 4. The maximum absolute atomic E-state index is 12.7. The highest BCUT2D eigenvalue weighted by Crippen LogP contribution is 2.24. The summed E-state index contributed by atoms with van der Waals surface area (Å²) >= 11 is 0. The highest BCUT2D eigenvalue weighted by atomic mass is 16.5. The van der Waals surface area contributed by atoms with Crippen LogP contribution in [0, 0.1) is 20.8 Å². The molecular formula is C21H24N4O3. The first-order valence-electron chi connectivity index (χ1n) is 9.03. The first-order valence-corrected chi connectivity index (χ1v) is 9.03. The lowest BCUT2D eigenvalue weighted by molar-refractivity contribution is -0.131. The van der Waals surface area contributed by atoms with Crippen LogP contribution < -0.4 is 10.3 Å². The molecule has 1 aromatic carbocycles. The monoisotopic (exact) mass is 380 g/mol. The number of fused-ring (bicyclic) bond motifs is 1. The van der Waals surface area contributed by atoms with E-state index in [-0.39, 0.29) is 18.0 Å². The summed E-state index contributed by atoms with van der Waals surface area (Å²) in [6.45, 7) is 5.88. The number of hydrogen-bond acceptors (Lipinski definition) is 5. The maximum Gasteiger partial charge on any atom is 0.275 e. The quantitative estimate of drug-likeness (QED) is 0.679. The summed E-state index contributed by atoms with van der Waals surface area (Å²) in [4.78, 5) is 31.4. The Morgan fingerprint density at radius 2 is 1.86 bits per heavy atom. The molecule has 0 aliphatic rings. The van der Waals surface area contributed by atoms with Crippen molar-refractivity contribution in [3.05, 3.63) is 63.3 Å². The number of benzene rings is 1. The number of pyridine rings is 1. The lowest BCUT2D eigenvalue weighted by Gasteiger charge is -2.20. The normalized spacial score (nSPS) is 10.9. The molecule has 2 heterocycles. The molecule has 0 spiro atoms. The number of rotatable bonds is 5. The molecule has 3 rings (SSSR count). The van der Waals surface area contributed by atoms with Crippen molar-refractivity contribution in [3.63, 3.8) is 0 Å². The highest BCUT2D eigenvalue weighted by molar-refractivity contribution is 5.83. The molecule has 3 aromatic rings. The zero-order valence-corrected chi connectivity index (χ0v) is 16.8. The van der Waals surface area contributed by atoms with Crippen LogP contribution in [0.15, 0.2) is 35.3 Å². The second-order valence-electron chi connectivity index (χ2n) is 6.89. The third-order valence-electron chi connectivity index (χ3n) is 4.90. The molecule has 0 bridgehead atoms. The van der Waals surface area contributed by atoms with Crippen molar-refractivity contribution in [1.29, 1.82) is 0 Å². The topological polar surface area (TPSA) is 77.3 Å². The molecule has 0 saturated carbocycles. The van der Waals surface area contributed by atoms with Crippen LogP contribution in [0.2, 0.25) is 0 Å². The lowest BCUT2D eigenvalue weighted by Crippen LogP contribution is -2.35. The average Bonchev–Trinajstić information content (AvgIpc) is 2.68. The highest BCUT2D eigenvalue weighted by Gasteiger charge is 2.17. The Balaban J connectivity index is 1.83. The third kappa shape index (κ3) is 3.60. The molecule has 7 nitrogen and oxygen atoms in total. The second kappa shape index (κ2) is 7.80. The van der Waals surface area contributed by atoms with E-state index in [9.17, 15) is 9.59 Å². The molecule has 28 heavy (non-hydrogen) atoms. The van der Waals surface area contributed by atoms with Crippen molar-refractivity contribution in [1.82, 2.24) is 19.7 Å². The number of hydrogen-bond donors (Lipinski definition) is 0. The summed E-state index contributed by atoms with van der Waals surface area (Å²) in [5.74, 6) is 0.555. The van der Waals surface area contributed by atoms with Crippen molar-refractivity contribution in [2.24, 2.45) is 0 Å². The Morgan fingerprint density at radius 3 is 2.54 bits per heavy atom. The van der Waals surface area contributed by atoms with Gasteiger partial charge < -0.3 is 9.64 Å². The minimum atomic E-state index is -0.269. The van der Waals surface area contributed by atoms with E-state index in [0.717, 1.165) is 28.0 Å². The minimum Gasteiger partial charge on any atom is -0.496 e. The van der Waals surface area contributed by atoms with E-state index in [0.29, 0.717) is 17.6 Å². The van der Waals surface area contributed by atoms with Gasteiger partial charge in [0, 0.05) is 29.8 Å². The van der Waals surface area contributed by atoms with E-state index in [1.807, 2.05) is 32.9 Å². The van der Waals surface area contributed by atoms with Crippen LogP contribution in [0.5, 0.6) is 5.75 Å². The van der Waals surface area contributed by atoms with Gasteiger partial charge in [0.2, 0.25) is 5.91 Å². The number of carbonyl (C=O) groups excluding carboxylic acids is 1. The van der Waals surface area contributed by atoms with Crippen LogP contribution in [-0.2, 0) is 17.9 Å². The fourth-order valence-electron chi connectivity index (χ4n) is 3.30. The molecule has 0 saturated heterocycles. The van der Waals surface area contributed by atoms with Gasteiger partial charge in [-0.05, 0) is 26.8 Å². The average molecular weight is 380 g/mol. The van der Waals surface area contributed by atoms with E-state index < -0.39 is 0 Å². The van der Waals surface area contributed by atoms with E-state index in [2.05, 4.69) is 10.1 Å². The molecule has 0 radical (unpaired) electrons. The summed E-state index contributed by atoms with van der Waals surface area (Å²) in [5.41, 5.74) is 3.05. The summed E-state index contributed by atoms with van der Waals surface area (Å²) in [6.07, 6.45) is 1.73. The third-order valence-corrected chi connectivity index (χ3v) is 4.90. The second-order valence-corrected chi connectivity index (χ2v) is 6.89. The van der Waals surface area contributed by atoms with Crippen LogP contribution >= 0.6 is 0 Å². The van der Waals surface area contributed by atoms with Crippen molar-refractivity contribution >= 4 is 16.7 Å². The van der Waals surface area contributed by atoms with Gasteiger partial charge in [-0.2, -0.15) is 5.10 Å². The Bertz CT molecular complexity index is 1100. The predicted octanol–water partition coefficient (Wildman–Crippen LogP) is 2.38. The number of likely N-dealkylation sites (N-methyl/N-ethyl adjacent to an activating group) is 1. The van der Waals surface area contributed by atoms with Crippen LogP contribution in [-0.4, -0.2) is 39.7 Å². The van der Waals surface area contributed by atoms with Crippen molar-refractivity contribution in [3.8, 4) is 5.75 Å². The van der Waals surface area contributed by atoms with Gasteiger partial charge in [0.15, 0.2) is 0 Å². The molecule has 0 fully saturated rings. The van der Waals surface area contributed by atoms with Crippen LogP contribution in [0.1, 0.15) is 22.5 Å². The van der Waals surface area contributed by atoms with E-state index >= 15 is 0 Å². The zero-order valence-electron chi connectivity index (χ0n) is 16.8. The van der Waals surface area contributed by atoms with Gasteiger partial charge in [-0.15, -0.1) is 0 Å². The molecule has 0 unspecified atom stereocenters. The van der Waals surface area contributed by atoms with E-state index in [1.165, 1.54) is 4.68 Å². The minimum absolute atomic E-state index is 0.122.